The van der Waals surface area contributed by atoms with Gasteiger partial charge in [-0.3, -0.25) is 9.59 Å². The van der Waals surface area contributed by atoms with Crippen LogP contribution < -0.4 is 10.6 Å². The van der Waals surface area contributed by atoms with Crippen molar-refractivity contribution in [2.45, 2.75) is 19.3 Å². The molecule has 2 aromatic rings. The van der Waals surface area contributed by atoms with Gasteiger partial charge in [-0.2, -0.15) is 0 Å². The van der Waals surface area contributed by atoms with E-state index in [0.29, 0.717) is 18.5 Å². The highest BCUT2D eigenvalue weighted by atomic mass is 35.5. The summed E-state index contributed by atoms with van der Waals surface area (Å²) in [6.45, 7) is 0. The molecule has 1 heterocycles. The molecule has 2 amide bonds. The number of para-hydroxylation sites is 1. The molecule has 0 spiro atoms. The van der Waals surface area contributed by atoms with Gasteiger partial charge in [-0.25, -0.2) is 4.39 Å². The molecule has 3 rings (SSSR count). The van der Waals surface area contributed by atoms with Crippen LogP contribution in [0.3, 0.4) is 0 Å². The summed E-state index contributed by atoms with van der Waals surface area (Å²) in [7, 11) is 0. The van der Waals surface area contributed by atoms with Gasteiger partial charge in [0.2, 0.25) is 11.8 Å². The maximum Gasteiger partial charge on any atom is 0.227 e. The molecule has 1 aliphatic rings. The van der Waals surface area contributed by atoms with Crippen LogP contribution in [0.1, 0.15) is 18.4 Å². The number of carbonyl (C=O) groups is 2. The van der Waals surface area contributed by atoms with Crippen molar-refractivity contribution in [1.29, 1.82) is 0 Å². The van der Waals surface area contributed by atoms with E-state index in [1.807, 2.05) is 24.3 Å². The fraction of sp³-hybridized carbons (Fsp3) is 0.222. The fourth-order valence-corrected chi connectivity index (χ4v) is 2.93. The van der Waals surface area contributed by atoms with E-state index in [2.05, 4.69) is 10.6 Å². The number of anilines is 2. The van der Waals surface area contributed by atoms with E-state index < -0.39 is 5.82 Å². The first-order chi connectivity index (χ1) is 11.5. The average molecular weight is 347 g/mol. The van der Waals surface area contributed by atoms with Gasteiger partial charge >= 0.3 is 0 Å². The lowest BCUT2D eigenvalue weighted by Gasteiger charge is -2.24. The molecule has 0 aromatic heterocycles. The van der Waals surface area contributed by atoms with Crippen LogP contribution in [0.5, 0.6) is 0 Å². The lowest BCUT2D eigenvalue weighted by Crippen LogP contribution is -2.30. The first-order valence-electron chi connectivity index (χ1n) is 7.66. The van der Waals surface area contributed by atoms with Crippen molar-refractivity contribution < 1.29 is 14.0 Å². The second-order valence-corrected chi connectivity index (χ2v) is 6.17. The van der Waals surface area contributed by atoms with E-state index in [-0.39, 0.29) is 29.2 Å². The van der Waals surface area contributed by atoms with E-state index in [1.54, 1.807) is 0 Å². The summed E-state index contributed by atoms with van der Waals surface area (Å²) >= 11 is 5.68. The van der Waals surface area contributed by atoms with E-state index in [1.165, 1.54) is 18.2 Å². The lowest BCUT2D eigenvalue weighted by atomic mass is 9.89. The molecule has 0 radical (unpaired) electrons. The third kappa shape index (κ3) is 3.74. The number of rotatable bonds is 4. The van der Waals surface area contributed by atoms with E-state index >= 15 is 0 Å². The molecule has 24 heavy (non-hydrogen) atoms. The van der Waals surface area contributed by atoms with Gasteiger partial charge in [0.1, 0.15) is 5.82 Å². The Kier molecular flexibility index (Phi) is 4.81. The molecular weight excluding hydrogens is 331 g/mol. The van der Waals surface area contributed by atoms with Crippen molar-refractivity contribution in [2.75, 3.05) is 10.6 Å². The molecule has 6 heteroatoms. The zero-order chi connectivity index (χ0) is 17.1. The third-order valence-corrected chi connectivity index (χ3v) is 4.33. The molecule has 2 N–H and O–H groups in total. The minimum Gasteiger partial charge on any atom is -0.326 e. The Morgan fingerprint density at radius 3 is 2.88 bits per heavy atom. The molecule has 0 saturated carbocycles. The number of nitrogens with one attached hydrogen (secondary N) is 2. The predicted octanol–water partition coefficient (Wildman–Crippen LogP) is 4.01. The van der Waals surface area contributed by atoms with Gasteiger partial charge in [0.25, 0.3) is 0 Å². The van der Waals surface area contributed by atoms with Crippen LogP contribution in [0, 0.1) is 11.7 Å². The number of amides is 2. The molecule has 0 unspecified atom stereocenters. The highest BCUT2D eigenvalue weighted by molar-refractivity contribution is 6.31. The number of hydrogen-bond acceptors (Lipinski definition) is 2. The lowest BCUT2D eigenvalue weighted by molar-refractivity contribution is -0.121. The SMILES string of the molecule is O=C(CC[C@@H]1Cc2ccccc2NC1=O)Nc1ccc(F)c(Cl)c1. The van der Waals surface area contributed by atoms with Gasteiger partial charge in [-0.15, -0.1) is 0 Å². The normalized spacial score (nSPS) is 16.2. The fourth-order valence-electron chi connectivity index (χ4n) is 2.75. The molecule has 4 nitrogen and oxygen atoms in total. The quantitative estimate of drug-likeness (QED) is 0.878. The van der Waals surface area contributed by atoms with Crippen LogP contribution in [0.25, 0.3) is 0 Å². The minimum absolute atomic E-state index is 0.0453. The maximum absolute atomic E-state index is 13.1. The molecule has 1 atom stereocenters. The first kappa shape index (κ1) is 16.5. The molecule has 124 valence electrons. The highest BCUT2D eigenvalue weighted by Gasteiger charge is 2.26. The van der Waals surface area contributed by atoms with E-state index in [0.717, 1.165) is 11.3 Å². The van der Waals surface area contributed by atoms with Crippen molar-refractivity contribution >= 4 is 34.8 Å². The highest BCUT2D eigenvalue weighted by Crippen LogP contribution is 2.27. The molecule has 2 aromatic carbocycles. The number of benzene rings is 2. The Morgan fingerprint density at radius 2 is 2.08 bits per heavy atom. The molecule has 1 aliphatic heterocycles. The molecule has 0 fully saturated rings. The number of fused-ring (bicyclic) bond motifs is 1. The van der Waals surface area contributed by atoms with Gasteiger partial charge in [0.05, 0.1) is 5.02 Å². The van der Waals surface area contributed by atoms with Crippen molar-refractivity contribution in [3.63, 3.8) is 0 Å². The number of halogens is 2. The average Bonchev–Trinajstić information content (AvgIpc) is 2.56. The zero-order valence-electron chi connectivity index (χ0n) is 12.8. The van der Waals surface area contributed by atoms with Crippen LogP contribution in [0.4, 0.5) is 15.8 Å². The molecule has 0 aliphatic carbocycles. The molecule has 0 bridgehead atoms. The smallest absolute Gasteiger partial charge is 0.227 e. The Labute approximate surface area is 144 Å². The summed E-state index contributed by atoms with van der Waals surface area (Å²) in [6.07, 6.45) is 1.27. The van der Waals surface area contributed by atoms with E-state index in [9.17, 15) is 14.0 Å². The Morgan fingerprint density at radius 1 is 1.29 bits per heavy atom. The Bertz CT molecular complexity index is 794. The summed E-state index contributed by atoms with van der Waals surface area (Å²) in [5.74, 6) is -1.06. The number of hydrogen-bond donors (Lipinski definition) is 2. The summed E-state index contributed by atoms with van der Waals surface area (Å²) in [4.78, 5) is 24.1. The third-order valence-electron chi connectivity index (χ3n) is 4.04. The van der Waals surface area contributed by atoms with Crippen LogP contribution in [0.15, 0.2) is 42.5 Å². The second-order valence-electron chi connectivity index (χ2n) is 5.76. The van der Waals surface area contributed by atoms with Gasteiger partial charge in [-0.05, 0) is 42.7 Å². The Balaban J connectivity index is 1.56. The van der Waals surface area contributed by atoms with Crippen LogP contribution in [0.2, 0.25) is 5.02 Å². The van der Waals surface area contributed by atoms with Gasteiger partial charge in [0.15, 0.2) is 0 Å². The largest absolute Gasteiger partial charge is 0.326 e. The standard InChI is InChI=1S/C18H16ClFN2O2/c19-14-10-13(6-7-15(14)20)21-17(23)8-5-12-9-11-3-1-2-4-16(11)22-18(12)24/h1-4,6-7,10,12H,5,8-9H2,(H,21,23)(H,22,24)/t12-/m1/s1. The summed E-state index contributed by atoms with van der Waals surface area (Å²) in [5, 5.41) is 5.48. The first-order valence-corrected chi connectivity index (χ1v) is 8.04. The van der Waals surface area contributed by atoms with Crippen LogP contribution in [-0.2, 0) is 16.0 Å². The predicted molar refractivity (Wildman–Crippen MR) is 91.5 cm³/mol. The zero-order valence-corrected chi connectivity index (χ0v) is 13.6. The van der Waals surface area contributed by atoms with Crippen molar-refractivity contribution in [1.82, 2.24) is 0 Å². The van der Waals surface area contributed by atoms with Crippen molar-refractivity contribution in [2.24, 2.45) is 5.92 Å². The summed E-state index contributed by atoms with van der Waals surface area (Å²) in [6, 6.07) is 11.7. The molecular formula is C18H16ClFN2O2. The van der Waals surface area contributed by atoms with Crippen LogP contribution >= 0.6 is 11.6 Å². The van der Waals surface area contributed by atoms with Crippen molar-refractivity contribution in [3.05, 3.63) is 58.9 Å². The minimum atomic E-state index is -0.535. The second kappa shape index (κ2) is 7.01. The van der Waals surface area contributed by atoms with Crippen LogP contribution in [-0.4, -0.2) is 11.8 Å². The summed E-state index contributed by atoms with van der Waals surface area (Å²) < 4.78 is 13.1. The van der Waals surface area contributed by atoms with Gasteiger partial charge < -0.3 is 10.6 Å². The Hall–Kier alpha value is -2.40. The topological polar surface area (TPSA) is 58.2 Å². The maximum atomic E-state index is 13.1. The number of carbonyl (C=O) groups excluding carboxylic acids is 2. The van der Waals surface area contributed by atoms with Gasteiger partial charge in [-0.1, -0.05) is 29.8 Å². The summed E-state index contributed by atoms with van der Waals surface area (Å²) in [5.41, 5.74) is 2.35. The van der Waals surface area contributed by atoms with Crippen molar-refractivity contribution in [3.8, 4) is 0 Å². The molecule has 0 saturated heterocycles. The van der Waals surface area contributed by atoms with E-state index in [4.69, 9.17) is 11.6 Å². The van der Waals surface area contributed by atoms with Gasteiger partial charge in [0, 0.05) is 23.7 Å². The monoisotopic (exact) mass is 346 g/mol.